The van der Waals surface area contributed by atoms with Crippen LogP contribution >= 0.6 is 11.8 Å². The first-order chi connectivity index (χ1) is 9.65. The molecule has 0 aliphatic carbocycles. The van der Waals surface area contributed by atoms with Gasteiger partial charge in [-0.15, -0.1) is 0 Å². The number of aryl methyl sites for hydroxylation is 1. The average molecular weight is 288 g/mol. The lowest BCUT2D eigenvalue weighted by atomic mass is 10.2. The zero-order chi connectivity index (χ0) is 14.5. The Balaban J connectivity index is 2.13. The second-order valence-electron chi connectivity index (χ2n) is 4.66. The third kappa shape index (κ3) is 3.31. The Hall–Kier alpha value is -1.55. The summed E-state index contributed by atoms with van der Waals surface area (Å²) in [5.41, 5.74) is 2.11. The summed E-state index contributed by atoms with van der Waals surface area (Å²) in [6.07, 6.45) is 0. The fraction of sp³-hybridized carbons (Fsp3) is 0.375. The van der Waals surface area contributed by atoms with Crippen molar-refractivity contribution in [3.05, 3.63) is 35.9 Å². The third-order valence-electron chi connectivity index (χ3n) is 3.32. The van der Waals surface area contributed by atoms with Crippen molar-refractivity contribution in [3.8, 4) is 0 Å². The van der Waals surface area contributed by atoms with Crippen LogP contribution in [0.25, 0.3) is 10.9 Å². The molecule has 0 atom stereocenters. The first-order valence-electron chi connectivity index (χ1n) is 6.92. The molecule has 0 aliphatic rings. The van der Waals surface area contributed by atoms with Crippen molar-refractivity contribution < 1.29 is 4.79 Å². The van der Waals surface area contributed by atoms with E-state index in [1.807, 2.05) is 43.9 Å². The fourth-order valence-electron chi connectivity index (χ4n) is 2.15. The number of carbonyl (C=O) groups is 1. The number of rotatable bonds is 5. The summed E-state index contributed by atoms with van der Waals surface area (Å²) in [5, 5.41) is 2.09. The van der Waals surface area contributed by atoms with Gasteiger partial charge in [0.25, 0.3) is 0 Å². The molecule has 4 heteroatoms. The van der Waals surface area contributed by atoms with Gasteiger partial charge in [-0.1, -0.05) is 30.0 Å². The standard InChI is InChI=1S/C16H20N2OS/c1-4-18(5-2)15(19)11-20-16-12(3)10-13-8-6-7-9-14(13)17-16/h6-10H,4-5,11H2,1-3H3. The quantitative estimate of drug-likeness (QED) is 0.789. The predicted octanol–water partition coefficient (Wildman–Crippen LogP) is 3.50. The van der Waals surface area contributed by atoms with Gasteiger partial charge in [0.15, 0.2) is 0 Å². The van der Waals surface area contributed by atoms with Gasteiger partial charge in [-0.2, -0.15) is 0 Å². The average Bonchev–Trinajstić information content (AvgIpc) is 2.46. The molecule has 1 amide bonds. The van der Waals surface area contributed by atoms with E-state index in [1.54, 1.807) is 0 Å². The molecule has 0 unspecified atom stereocenters. The number of amides is 1. The maximum atomic E-state index is 12.0. The van der Waals surface area contributed by atoms with E-state index in [0.717, 1.165) is 34.6 Å². The molecule has 0 N–H and O–H groups in total. The van der Waals surface area contributed by atoms with Crippen LogP contribution in [0.1, 0.15) is 19.4 Å². The third-order valence-corrected chi connectivity index (χ3v) is 4.39. The van der Waals surface area contributed by atoms with E-state index in [4.69, 9.17) is 0 Å². The molecule has 0 fully saturated rings. The van der Waals surface area contributed by atoms with Crippen molar-refractivity contribution in [2.45, 2.75) is 25.8 Å². The van der Waals surface area contributed by atoms with Gasteiger partial charge in [0.2, 0.25) is 5.91 Å². The SMILES string of the molecule is CCN(CC)C(=O)CSc1nc2ccccc2cc1C. The highest BCUT2D eigenvalue weighted by Gasteiger charge is 2.12. The van der Waals surface area contributed by atoms with Gasteiger partial charge in [0.1, 0.15) is 5.03 Å². The molecule has 0 bridgehead atoms. The monoisotopic (exact) mass is 288 g/mol. The Morgan fingerprint density at radius 3 is 2.65 bits per heavy atom. The molecule has 1 aromatic heterocycles. The molecule has 3 nitrogen and oxygen atoms in total. The normalized spacial score (nSPS) is 10.8. The summed E-state index contributed by atoms with van der Waals surface area (Å²) in [4.78, 5) is 18.5. The lowest BCUT2D eigenvalue weighted by molar-refractivity contribution is -0.127. The summed E-state index contributed by atoms with van der Waals surface area (Å²) < 4.78 is 0. The van der Waals surface area contributed by atoms with Crippen LogP contribution in [0.5, 0.6) is 0 Å². The molecule has 20 heavy (non-hydrogen) atoms. The predicted molar refractivity (Wildman–Crippen MR) is 85.1 cm³/mol. The number of nitrogens with zero attached hydrogens (tertiary/aromatic N) is 2. The largest absolute Gasteiger partial charge is 0.343 e. The van der Waals surface area contributed by atoms with Gasteiger partial charge < -0.3 is 4.90 Å². The summed E-state index contributed by atoms with van der Waals surface area (Å²) in [7, 11) is 0. The van der Waals surface area contributed by atoms with E-state index in [0.29, 0.717) is 5.75 Å². The van der Waals surface area contributed by atoms with Gasteiger partial charge >= 0.3 is 0 Å². The van der Waals surface area contributed by atoms with E-state index in [9.17, 15) is 4.79 Å². The summed E-state index contributed by atoms with van der Waals surface area (Å²) in [6, 6.07) is 10.2. The fourth-order valence-corrected chi connectivity index (χ4v) is 3.04. The number of thioether (sulfide) groups is 1. The highest BCUT2D eigenvalue weighted by atomic mass is 32.2. The number of benzene rings is 1. The number of fused-ring (bicyclic) bond motifs is 1. The highest BCUT2D eigenvalue weighted by molar-refractivity contribution is 7.99. The summed E-state index contributed by atoms with van der Waals surface area (Å²) in [6.45, 7) is 7.58. The van der Waals surface area contributed by atoms with Gasteiger partial charge in [-0.3, -0.25) is 4.79 Å². The number of hydrogen-bond donors (Lipinski definition) is 0. The maximum Gasteiger partial charge on any atom is 0.232 e. The molecule has 0 saturated carbocycles. The smallest absolute Gasteiger partial charge is 0.232 e. The minimum absolute atomic E-state index is 0.175. The van der Waals surface area contributed by atoms with E-state index >= 15 is 0 Å². The van der Waals surface area contributed by atoms with Crippen LogP contribution in [0.3, 0.4) is 0 Å². The molecule has 2 aromatic rings. The lowest BCUT2D eigenvalue weighted by Crippen LogP contribution is -2.31. The van der Waals surface area contributed by atoms with Gasteiger partial charge in [0.05, 0.1) is 11.3 Å². The molecule has 0 saturated heterocycles. The lowest BCUT2D eigenvalue weighted by Gasteiger charge is -2.18. The van der Waals surface area contributed by atoms with E-state index in [-0.39, 0.29) is 5.91 Å². The van der Waals surface area contributed by atoms with Crippen LogP contribution < -0.4 is 0 Å². The molecule has 106 valence electrons. The molecular formula is C16H20N2OS. The Morgan fingerprint density at radius 1 is 1.25 bits per heavy atom. The Bertz CT molecular complexity index is 608. The maximum absolute atomic E-state index is 12.0. The molecule has 1 heterocycles. The second-order valence-corrected chi connectivity index (χ2v) is 5.62. The molecule has 2 rings (SSSR count). The van der Waals surface area contributed by atoms with Crippen molar-refractivity contribution in [1.82, 2.24) is 9.88 Å². The minimum Gasteiger partial charge on any atom is -0.343 e. The Kier molecular flexibility index (Phi) is 5.01. The van der Waals surface area contributed by atoms with Crippen LogP contribution in [0, 0.1) is 6.92 Å². The van der Waals surface area contributed by atoms with Gasteiger partial charge in [0, 0.05) is 18.5 Å². The van der Waals surface area contributed by atoms with Crippen LogP contribution in [0.15, 0.2) is 35.4 Å². The zero-order valence-corrected chi connectivity index (χ0v) is 13.0. The van der Waals surface area contributed by atoms with Gasteiger partial charge in [-0.25, -0.2) is 4.98 Å². The summed E-state index contributed by atoms with van der Waals surface area (Å²) in [5.74, 6) is 0.628. The zero-order valence-electron chi connectivity index (χ0n) is 12.2. The molecular weight excluding hydrogens is 268 g/mol. The first kappa shape index (κ1) is 14.9. The van der Waals surface area contributed by atoms with Crippen molar-refractivity contribution in [3.63, 3.8) is 0 Å². The first-order valence-corrected chi connectivity index (χ1v) is 7.91. The number of hydrogen-bond acceptors (Lipinski definition) is 3. The number of para-hydroxylation sites is 1. The van der Waals surface area contributed by atoms with Crippen molar-refractivity contribution >= 4 is 28.6 Å². The molecule has 0 aliphatic heterocycles. The van der Waals surface area contributed by atoms with E-state index in [1.165, 1.54) is 11.8 Å². The Morgan fingerprint density at radius 2 is 1.95 bits per heavy atom. The topological polar surface area (TPSA) is 33.2 Å². The number of pyridine rings is 1. The number of carbonyl (C=O) groups excluding carboxylic acids is 1. The van der Waals surface area contributed by atoms with Crippen molar-refractivity contribution in [1.29, 1.82) is 0 Å². The van der Waals surface area contributed by atoms with Gasteiger partial charge in [-0.05, 0) is 38.5 Å². The minimum atomic E-state index is 0.175. The molecule has 1 aromatic carbocycles. The van der Waals surface area contributed by atoms with E-state index < -0.39 is 0 Å². The highest BCUT2D eigenvalue weighted by Crippen LogP contribution is 2.24. The molecule has 0 spiro atoms. The van der Waals surface area contributed by atoms with Crippen LogP contribution in [-0.4, -0.2) is 34.6 Å². The Labute approximate surface area is 124 Å². The van der Waals surface area contributed by atoms with Crippen LogP contribution in [0.4, 0.5) is 0 Å². The number of aromatic nitrogens is 1. The summed E-state index contributed by atoms with van der Waals surface area (Å²) >= 11 is 1.53. The van der Waals surface area contributed by atoms with Crippen molar-refractivity contribution in [2.75, 3.05) is 18.8 Å². The molecule has 0 radical (unpaired) electrons. The van der Waals surface area contributed by atoms with Crippen LogP contribution in [-0.2, 0) is 4.79 Å². The van der Waals surface area contributed by atoms with Crippen molar-refractivity contribution in [2.24, 2.45) is 0 Å². The van der Waals surface area contributed by atoms with Crippen LogP contribution in [0.2, 0.25) is 0 Å². The second kappa shape index (κ2) is 6.75. The van der Waals surface area contributed by atoms with E-state index in [2.05, 4.69) is 17.1 Å².